The van der Waals surface area contributed by atoms with Gasteiger partial charge in [-0.15, -0.1) is 0 Å². The van der Waals surface area contributed by atoms with E-state index >= 15 is 0 Å². The van der Waals surface area contributed by atoms with Crippen molar-refractivity contribution in [1.29, 1.82) is 0 Å². The molecule has 0 heterocycles. The van der Waals surface area contributed by atoms with Gasteiger partial charge in [-0.1, -0.05) is 13.8 Å². The minimum absolute atomic E-state index is 0.156. The molecule has 0 unspecified atom stereocenters. The molecular weight excluding hydrogens is 192 g/mol. The second-order valence-electron chi connectivity index (χ2n) is 3.58. The Morgan fingerprint density at radius 3 is 2.40 bits per heavy atom. The van der Waals surface area contributed by atoms with E-state index in [0.29, 0.717) is 25.7 Å². The highest BCUT2D eigenvalue weighted by Crippen LogP contribution is 2.08. The van der Waals surface area contributed by atoms with Crippen LogP contribution in [0.1, 0.15) is 26.7 Å². The molecule has 0 atom stereocenters. The van der Waals surface area contributed by atoms with Gasteiger partial charge in [0.15, 0.2) is 0 Å². The topological polar surface area (TPSA) is 41.6 Å². The smallest absolute Gasteiger partial charge is 0.236 e. The largest absolute Gasteiger partial charge is 0.383 e. The molecule has 0 rings (SSSR count). The molecule has 0 aromatic rings. The fraction of sp³-hybridized carbons (Fsp3) is 0.909. The summed E-state index contributed by atoms with van der Waals surface area (Å²) >= 11 is 0. The second kappa shape index (κ2) is 8.68. The third-order valence-electron chi connectivity index (χ3n) is 2.57. The van der Waals surface area contributed by atoms with E-state index < -0.39 is 0 Å². The van der Waals surface area contributed by atoms with Crippen LogP contribution in [0.25, 0.3) is 0 Å². The van der Waals surface area contributed by atoms with Crippen LogP contribution in [-0.4, -0.2) is 50.7 Å². The van der Waals surface area contributed by atoms with Gasteiger partial charge in [-0.05, 0) is 19.9 Å². The average Bonchev–Trinajstić information content (AvgIpc) is 2.24. The number of hydrogen-bond acceptors (Lipinski definition) is 3. The van der Waals surface area contributed by atoms with Crippen molar-refractivity contribution >= 4 is 5.91 Å². The zero-order chi connectivity index (χ0) is 11.7. The molecule has 90 valence electrons. The van der Waals surface area contributed by atoms with Gasteiger partial charge < -0.3 is 15.0 Å². The van der Waals surface area contributed by atoms with Crippen LogP contribution in [0.4, 0.5) is 0 Å². The lowest BCUT2D eigenvalue weighted by molar-refractivity contribution is -0.133. The summed E-state index contributed by atoms with van der Waals surface area (Å²) in [4.78, 5) is 13.7. The van der Waals surface area contributed by atoms with Gasteiger partial charge in [-0.25, -0.2) is 0 Å². The van der Waals surface area contributed by atoms with Gasteiger partial charge in [0.2, 0.25) is 5.91 Å². The quantitative estimate of drug-likeness (QED) is 0.654. The molecule has 4 nitrogen and oxygen atoms in total. The van der Waals surface area contributed by atoms with Crippen molar-refractivity contribution in [2.45, 2.75) is 32.7 Å². The third-order valence-corrected chi connectivity index (χ3v) is 2.57. The first-order valence-electron chi connectivity index (χ1n) is 5.64. The minimum Gasteiger partial charge on any atom is -0.383 e. The van der Waals surface area contributed by atoms with Crippen LogP contribution in [-0.2, 0) is 9.53 Å². The predicted molar refractivity (Wildman–Crippen MR) is 61.9 cm³/mol. The summed E-state index contributed by atoms with van der Waals surface area (Å²) in [6.07, 6.45) is 1.99. The lowest BCUT2D eigenvalue weighted by Gasteiger charge is -2.30. The molecule has 0 radical (unpaired) electrons. The molecule has 0 aliphatic rings. The number of hydrogen-bond donors (Lipinski definition) is 1. The molecule has 15 heavy (non-hydrogen) atoms. The normalized spacial score (nSPS) is 10.7. The van der Waals surface area contributed by atoms with E-state index in [9.17, 15) is 4.79 Å². The number of ether oxygens (including phenoxy) is 1. The zero-order valence-electron chi connectivity index (χ0n) is 10.4. The Morgan fingerprint density at radius 1 is 1.40 bits per heavy atom. The van der Waals surface area contributed by atoms with Crippen molar-refractivity contribution < 1.29 is 9.53 Å². The molecule has 0 saturated carbocycles. The molecule has 0 aliphatic carbocycles. The first kappa shape index (κ1) is 14.4. The van der Waals surface area contributed by atoms with E-state index in [4.69, 9.17) is 4.74 Å². The summed E-state index contributed by atoms with van der Waals surface area (Å²) in [5.74, 6) is 0.156. The standard InChI is InChI=1S/C11H24N2O2/c1-5-10(6-2)13(7-8-15-4)11(14)9-12-3/h10,12H,5-9H2,1-4H3. The van der Waals surface area contributed by atoms with Crippen molar-refractivity contribution in [3.63, 3.8) is 0 Å². The summed E-state index contributed by atoms with van der Waals surface area (Å²) in [7, 11) is 3.45. The Hall–Kier alpha value is -0.610. The number of rotatable bonds is 8. The van der Waals surface area contributed by atoms with E-state index in [1.165, 1.54) is 0 Å². The molecule has 0 spiro atoms. The maximum atomic E-state index is 11.8. The summed E-state index contributed by atoms with van der Waals surface area (Å²) in [5, 5.41) is 2.90. The second-order valence-corrected chi connectivity index (χ2v) is 3.58. The lowest BCUT2D eigenvalue weighted by atomic mass is 10.1. The fourth-order valence-corrected chi connectivity index (χ4v) is 1.68. The summed E-state index contributed by atoms with van der Waals surface area (Å²) in [5.41, 5.74) is 0. The van der Waals surface area contributed by atoms with Gasteiger partial charge in [-0.3, -0.25) is 4.79 Å². The summed E-state index contributed by atoms with van der Waals surface area (Å²) < 4.78 is 5.03. The number of amides is 1. The maximum absolute atomic E-state index is 11.8. The van der Waals surface area contributed by atoms with Crippen molar-refractivity contribution in [3.8, 4) is 0 Å². The van der Waals surface area contributed by atoms with Crippen LogP contribution in [0.2, 0.25) is 0 Å². The number of carbonyl (C=O) groups is 1. The SMILES string of the molecule is CCC(CC)N(CCOC)C(=O)CNC. The summed E-state index contributed by atoms with van der Waals surface area (Å²) in [6.45, 7) is 5.91. The number of carbonyl (C=O) groups excluding carboxylic acids is 1. The van der Waals surface area contributed by atoms with Crippen LogP contribution in [0.3, 0.4) is 0 Å². The van der Waals surface area contributed by atoms with Gasteiger partial charge in [0.25, 0.3) is 0 Å². The first-order valence-corrected chi connectivity index (χ1v) is 5.64. The van der Waals surface area contributed by atoms with E-state index in [2.05, 4.69) is 19.2 Å². The molecule has 0 saturated heterocycles. The highest BCUT2D eigenvalue weighted by molar-refractivity contribution is 5.78. The highest BCUT2D eigenvalue weighted by atomic mass is 16.5. The van der Waals surface area contributed by atoms with E-state index in [-0.39, 0.29) is 5.91 Å². The number of nitrogens with zero attached hydrogens (tertiary/aromatic N) is 1. The Bertz CT molecular complexity index is 170. The fourth-order valence-electron chi connectivity index (χ4n) is 1.68. The molecule has 0 fully saturated rings. The van der Waals surface area contributed by atoms with Crippen molar-refractivity contribution in [2.75, 3.05) is 33.9 Å². The zero-order valence-corrected chi connectivity index (χ0v) is 10.4. The van der Waals surface area contributed by atoms with E-state index in [1.54, 1.807) is 14.2 Å². The van der Waals surface area contributed by atoms with Gasteiger partial charge in [0, 0.05) is 19.7 Å². The maximum Gasteiger partial charge on any atom is 0.236 e. The Morgan fingerprint density at radius 2 is 2.00 bits per heavy atom. The Kier molecular flexibility index (Phi) is 8.33. The molecule has 0 aromatic carbocycles. The number of nitrogens with one attached hydrogen (secondary N) is 1. The summed E-state index contributed by atoms with van der Waals surface area (Å²) in [6, 6.07) is 0.334. The monoisotopic (exact) mass is 216 g/mol. The Balaban J connectivity index is 4.33. The minimum atomic E-state index is 0.156. The van der Waals surface area contributed by atoms with Gasteiger partial charge in [0.05, 0.1) is 13.2 Å². The van der Waals surface area contributed by atoms with Crippen LogP contribution in [0.15, 0.2) is 0 Å². The third kappa shape index (κ3) is 5.14. The van der Waals surface area contributed by atoms with Crippen LogP contribution in [0.5, 0.6) is 0 Å². The molecular formula is C11H24N2O2. The molecule has 0 aliphatic heterocycles. The van der Waals surface area contributed by atoms with Crippen molar-refractivity contribution in [1.82, 2.24) is 10.2 Å². The molecule has 1 N–H and O–H groups in total. The van der Waals surface area contributed by atoms with Gasteiger partial charge >= 0.3 is 0 Å². The number of likely N-dealkylation sites (N-methyl/N-ethyl adjacent to an activating group) is 1. The molecule has 0 bridgehead atoms. The van der Waals surface area contributed by atoms with E-state index in [1.807, 2.05) is 4.90 Å². The van der Waals surface area contributed by atoms with Crippen LogP contribution < -0.4 is 5.32 Å². The molecule has 0 aromatic heterocycles. The number of methoxy groups -OCH3 is 1. The van der Waals surface area contributed by atoms with E-state index in [0.717, 1.165) is 12.8 Å². The predicted octanol–water partition coefficient (Wildman–Crippen LogP) is 0.869. The van der Waals surface area contributed by atoms with Gasteiger partial charge in [-0.2, -0.15) is 0 Å². The van der Waals surface area contributed by atoms with Crippen LogP contribution in [0, 0.1) is 0 Å². The van der Waals surface area contributed by atoms with Gasteiger partial charge in [0.1, 0.15) is 0 Å². The van der Waals surface area contributed by atoms with Crippen molar-refractivity contribution in [2.24, 2.45) is 0 Å². The molecule has 4 heteroatoms. The molecule has 1 amide bonds. The van der Waals surface area contributed by atoms with Crippen LogP contribution >= 0.6 is 0 Å². The Labute approximate surface area is 93.0 Å². The lowest BCUT2D eigenvalue weighted by Crippen LogP contribution is -2.45. The average molecular weight is 216 g/mol. The highest BCUT2D eigenvalue weighted by Gasteiger charge is 2.19. The first-order chi connectivity index (χ1) is 7.21. The van der Waals surface area contributed by atoms with Crippen molar-refractivity contribution in [3.05, 3.63) is 0 Å².